The van der Waals surface area contributed by atoms with Crippen LogP contribution in [0.3, 0.4) is 0 Å². The predicted octanol–water partition coefficient (Wildman–Crippen LogP) is 1.85. The number of ketones is 1. The highest BCUT2D eigenvalue weighted by atomic mass is 16.2. The van der Waals surface area contributed by atoms with Gasteiger partial charge in [0, 0.05) is 18.8 Å². The Morgan fingerprint density at radius 1 is 1.39 bits per heavy atom. The third kappa shape index (κ3) is 2.82. The molecular formula is C17H17N3O3. The lowest BCUT2D eigenvalue weighted by Gasteiger charge is -2.35. The van der Waals surface area contributed by atoms with Gasteiger partial charge in [-0.25, -0.2) is 0 Å². The number of amides is 2. The summed E-state index contributed by atoms with van der Waals surface area (Å²) in [5.74, 6) is -0.509. The van der Waals surface area contributed by atoms with Crippen molar-refractivity contribution in [3.8, 4) is 6.07 Å². The van der Waals surface area contributed by atoms with Gasteiger partial charge in [-0.15, -0.1) is 0 Å². The summed E-state index contributed by atoms with van der Waals surface area (Å²) in [5, 5.41) is 11.8. The van der Waals surface area contributed by atoms with Crippen LogP contribution in [-0.4, -0.2) is 24.1 Å². The molecule has 1 heterocycles. The molecule has 0 bridgehead atoms. The van der Waals surface area contributed by atoms with E-state index >= 15 is 0 Å². The number of carbonyl (C=O) groups is 3. The minimum Gasteiger partial charge on any atom is -0.323 e. The second-order valence-corrected chi connectivity index (χ2v) is 6.18. The highest BCUT2D eigenvalue weighted by Gasteiger charge is 2.37. The number of hydrogen-bond acceptors (Lipinski definition) is 4. The van der Waals surface area contributed by atoms with Crippen LogP contribution in [0.1, 0.15) is 31.7 Å². The maximum absolute atomic E-state index is 12.9. The van der Waals surface area contributed by atoms with Crippen molar-refractivity contribution in [3.63, 3.8) is 0 Å². The van der Waals surface area contributed by atoms with Crippen molar-refractivity contribution in [2.75, 3.05) is 16.8 Å². The molecule has 23 heavy (non-hydrogen) atoms. The fourth-order valence-corrected chi connectivity index (χ4v) is 3.32. The smallest absolute Gasteiger partial charge is 0.244 e. The van der Waals surface area contributed by atoms with Crippen molar-refractivity contribution in [2.24, 2.45) is 11.8 Å². The van der Waals surface area contributed by atoms with Crippen molar-refractivity contribution in [1.82, 2.24) is 0 Å². The van der Waals surface area contributed by atoms with Gasteiger partial charge in [0.15, 0.2) is 0 Å². The Labute approximate surface area is 134 Å². The van der Waals surface area contributed by atoms with Crippen LogP contribution in [-0.2, 0) is 14.4 Å². The molecule has 0 aromatic heterocycles. The van der Waals surface area contributed by atoms with E-state index in [1.165, 1.54) is 4.90 Å². The van der Waals surface area contributed by atoms with Gasteiger partial charge >= 0.3 is 0 Å². The molecule has 0 saturated heterocycles. The van der Waals surface area contributed by atoms with Gasteiger partial charge in [-0.3, -0.25) is 14.4 Å². The molecule has 118 valence electrons. The Bertz CT molecular complexity index is 735. The number of benzene rings is 1. The van der Waals surface area contributed by atoms with Crippen LogP contribution in [0, 0.1) is 23.2 Å². The number of carbonyl (C=O) groups excluding carboxylic acids is 3. The van der Waals surface area contributed by atoms with Gasteiger partial charge in [-0.1, -0.05) is 6.92 Å². The summed E-state index contributed by atoms with van der Waals surface area (Å²) < 4.78 is 0. The molecule has 0 radical (unpaired) electrons. The number of Topliss-reactive ketones (excluding diaryl/α,β-unsaturated/α-hetero) is 1. The van der Waals surface area contributed by atoms with Gasteiger partial charge in [0.2, 0.25) is 11.8 Å². The molecule has 3 rings (SSSR count). The predicted molar refractivity (Wildman–Crippen MR) is 83.7 cm³/mol. The lowest BCUT2D eigenvalue weighted by Crippen LogP contribution is -2.47. The molecule has 1 aromatic rings. The SMILES string of the molecule is CC1CC(=O)CCC1C(=O)N1CC(=O)Nc2ccc(C#N)cc21. The number of anilines is 2. The number of fused-ring (bicyclic) bond motifs is 1. The van der Waals surface area contributed by atoms with Crippen LogP contribution < -0.4 is 10.2 Å². The van der Waals surface area contributed by atoms with E-state index < -0.39 is 0 Å². The molecule has 2 atom stereocenters. The average molecular weight is 311 g/mol. The molecule has 2 aliphatic rings. The van der Waals surface area contributed by atoms with Gasteiger partial charge in [-0.05, 0) is 30.5 Å². The van der Waals surface area contributed by atoms with Gasteiger partial charge in [0.1, 0.15) is 12.3 Å². The van der Waals surface area contributed by atoms with E-state index in [2.05, 4.69) is 5.32 Å². The number of nitrogens with zero attached hydrogens (tertiary/aromatic N) is 2. The van der Waals surface area contributed by atoms with Gasteiger partial charge < -0.3 is 10.2 Å². The topological polar surface area (TPSA) is 90.3 Å². The Morgan fingerprint density at radius 2 is 2.17 bits per heavy atom. The minimum atomic E-state index is -0.266. The van der Waals surface area contributed by atoms with Crippen LogP contribution in [0.2, 0.25) is 0 Å². The second-order valence-electron chi connectivity index (χ2n) is 6.18. The lowest BCUT2D eigenvalue weighted by atomic mass is 9.79. The van der Waals surface area contributed by atoms with E-state index in [1.54, 1.807) is 18.2 Å². The molecule has 0 spiro atoms. The first-order valence-electron chi connectivity index (χ1n) is 7.66. The molecule has 2 amide bonds. The quantitative estimate of drug-likeness (QED) is 0.857. The standard InChI is InChI=1S/C17H17N3O3/c1-10-6-12(21)3-4-13(10)17(23)20-9-16(22)19-14-5-2-11(8-18)7-15(14)20/h2,5,7,10,13H,3-4,6,9H2,1H3,(H,19,22). The normalized spacial score (nSPS) is 23.7. The first-order valence-corrected chi connectivity index (χ1v) is 7.66. The molecule has 1 fully saturated rings. The summed E-state index contributed by atoms with van der Waals surface area (Å²) in [7, 11) is 0. The van der Waals surface area contributed by atoms with Crippen LogP contribution in [0.15, 0.2) is 18.2 Å². The maximum atomic E-state index is 12.9. The fraction of sp³-hybridized carbons (Fsp3) is 0.412. The van der Waals surface area contributed by atoms with Crippen LogP contribution >= 0.6 is 0 Å². The summed E-state index contributed by atoms with van der Waals surface area (Å²) in [4.78, 5) is 37.8. The molecule has 6 heteroatoms. The number of hydrogen-bond donors (Lipinski definition) is 1. The molecule has 1 saturated carbocycles. The molecule has 1 N–H and O–H groups in total. The first-order chi connectivity index (χ1) is 11.0. The van der Waals surface area contributed by atoms with E-state index in [4.69, 9.17) is 5.26 Å². The van der Waals surface area contributed by atoms with Crippen molar-refractivity contribution in [2.45, 2.75) is 26.2 Å². The second kappa shape index (κ2) is 5.84. The summed E-state index contributed by atoms with van der Waals surface area (Å²) in [6.07, 6.45) is 1.33. The molecular weight excluding hydrogens is 294 g/mol. The van der Waals surface area contributed by atoms with E-state index in [-0.39, 0.29) is 36.0 Å². The molecule has 6 nitrogen and oxygen atoms in total. The first kappa shape index (κ1) is 15.2. The van der Waals surface area contributed by atoms with Crippen molar-refractivity contribution < 1.29 is 14.4 Å². The summed E-state index contributed by atoms with van der Waals surface area (Å²) in [6.45, 7) is 1.84. The maximum Gasteiger partial charge on any atom is 0.244 e. The number of rotatable bonds is 1. The van der Waals surface area contributed by atoms with Crippen LogP contribution in [0.5, 0.6) is 0 Å². The average Bonchev–Trinajstić information content (AvgIpc) is 2.53. The van der Waals surface area contributed by atoms with E-state index in [1.807, 2.05) is 13.0 Å². The van der Waals surface area contributed by atoms with Crippen molar-refractivity contribution >= 4 is 29.0 Å². The zero-order chi connectivity index (χ0) is 16.6. The Morgan fingerprint density at radius 3 is 2.87 bits per heavy atom. The molecule has 1 aliphatic carbocycles. The van der Waals surface area contributed by atoms with E-state index in [0.717, 1.165) is 0 Å². The summed E-state index contributed by atoms with van der Waals surface area (Å²) in [5.41, 5.74) is 1.52. The lowest BCUT2D eigenvalue weighted by molar-refractivity contribution is -0.130. The van der Waals surface area contributed by atoms with Crippen molar-refractivity contribution in [3.05, 3.63) is 23.8 Å². The van der Waals surface area contributed by atoms with Crippen LogP contribution in [0.4, 0.5) is 11.4 Å². The number of nitrogens with one attached hydrogen (secondary N) is 1. The number of nitriles is 1. The Hall–Kier alpha value is -2.68. The van der Waals surface area contributed by atoms with Crippen molar-refractivity contribution in [1.29, 1.82) is 5.26 Å². The fourth-order valence-electron chi connectivity index (χ4n) is 3.32. The largest absolute Gasteiger partial charge is 0.323 e. The van der Waals surface area contributed by atoms with Gasteiger partial charge in [-0.2, -0.15) is 5.26 Å². The van der Waals surface area contributed by atoms with Crippen LogP contribution in [0.25, 0.3) is 0 Å². The minimum absolute atomic E-state index is 0.0312. The molecule has 1 aromatic carbocycles. The highest BCUT2D eigenvalue weighted by molar-refractivity contribution is 6.10. The Balaban J connectivity index is 1.94. The third-order valence-corrected chi connectivity index (χ3v) is 4.55. The zero-order valence-corrected chi connectivity index (χ0v) is 12.8. The summed E-state index contributed by atoms with van der Waals surface area (Å²) in [6, 6.07) is 6.91. The molecule has 1 aliphatic heterocycles. The molecule has 2 unspecified atom stereocenters. The summed E-state index contributed by atoms with van der Waals surface area (Å²) >= 11 is 0. The van der Waals surface area contributed by atoms with Gasteiger partial charge in [0.05, 0.1) is 23.0 Å². The monoisotopic (exact) mass is 311 g/mol. The zero-order valence-electron chi connectivity index (χ0n) is 12.8. The van der Waals surface area contributed by atoms with E-state index in [9.17, 15) is 14.4 Å². The third-order valence-electron chi connectivity index (χ3n) is 4.55. The van der Waals surface area contributed by atoms with E-state index in [0.29, 0.717) is 36.2 Å². The Kier molecular flexibility index (Phi) is 3.87. The van der Waals surface area contributed by atoms with Gasteiger partial charge in [0.25, 0.3) is 0 Å². The highest BCUT2D eigenvalue weighted by Crippen LogP contribution is 2.35.